The standard InChI is InChI=1S/C14H23N5/c1-10-3-5-19(6-4-10)14-7-13(16-11(2)17-14)18-12-8-15-9-12/h7,10,12,15H,3-6,8-9H2,1-2H3,(H,16,17,18). The molecule has 3 heterocycles. The van der Waals surface area contributed by atoms with E-state index in [-0.39, 0.29) is 0 Å². The van der Waals surface area contributed by atoms with E-state index in [1.54, 1.807) is 0 Å². The van der Waals surface area contributed by atoms with Crippen molar-refractivity contribution in [1.82, 2.24) is 15.3 Å². The molecule has 0 saturated carbocycles. The van der Waals surface area contributed by atoms with Gasteiger partial charge in [0.1, 0.15) is 17.5 Å². The molecule has 19 heavy (non-hydrogen) atoms. The Morgan fingerprint density at radius 3 is 2.63 bits per heavy atom. The lowest BCUT2D eigenvalue weighted by Gasteiger charge is -2.32. The molecular formula is C14H23N5. The molecule has 2 aliphatic rings. The van der Waals surface area contributed by atoms with E-state index in [0.29, 0.717) is 6.04 Å². The second kappa shape index (κ2) is 5.33. The van der Waals surface area contributed by atoms with Crippen LogP contribution in [-0.2, 0) is 0 Å². The predicted molar refractivity (Wildman–Crippen MR) is 77.7 cm³/mol. The summed E-state index contributed by atoms with van der Waals surface area (Å²) in [7, 11) is 0. The van der Waals surface area contributed by atoms with Gasteiger partial charge in [-0.3, -0.25) is 0 Å². The number of aromatic nitrogens is 2. The molecule has 1 aromatic heterocycles. The fraction of sp³-hybridized carbons (Fsp3) is 0.714. The molecule has 0 aromatic carbocycles. The van der Waals surface area contributed by atoms with Crippen molar-refractivity contribution in [1.29, 1.82) is 0 Å². The number of hydrogen-bond donors (Lipinski definition) is 2. The molecule has 2 saturated heterocycles. The minimum atomic E-state index is 0.517. The smallest absolute Gasteiger partial charge is 0.134 e. The molecule has 0 atom stereocenters. The van der Waals surface area contributed by atoms with Crippen LogP contribution in [0.5, 0.6) is 0 Å². The summed E-state index contributed by atoms with van der Waals surface area (Å²) in [6.07, 6.45) is 2.52. The molecule has 2 fully saturated rings. The zero-order chi connectivity index (χ0) is 13.2. The largest absolute Gasteiger partial charge is 0.365 e. The molecule has 104 valence electrons. The zero-order valence-electron chi connectivity index (χ0n) is 11.8. The Morgan fingerprint density at radius 2 is 2.00 bits per heavy atom. The summed E-state index contributed by atoms with van der Waals surface area (Å²) in [5, 5.41) is 6.73. The minimum absolute atomic E-state index is 0.517. The molecular weight excluding hydrogens is 238 g/mol. The highest BCUT2D eigenvalue weighted by atomic mass is 15.2. The number of rotatable bonds is 3. The van der Waals surface area contributed by atoms with Crippen molar-refractivity contribution in [2.24, 2.45) is 5.92 Å². The summed E-state index contributed by atoms with van der Waals surface area (Å²) < 4.78 is 0. The normalized spacial score (nSPS) is 21.3. The van der Waals surface area contributed by atoms with E-state index in [4.69, 9.17) is 0 Å². The van der Waals surface area contributed by atoms with E-state index in [9.17, 15) is 0 Å². The maximum Gasteiger partial charge on any atom is 0.134 e. The SMILES string of the molecule is Cc1nc(NC2CNC2)cc(N2CCC(C)CC2)n1. The highest BCUT2D eigenvalue weighted by Crippen LogP contribution is 2.23. The van der Waals surface area contributed by atoms with Crippen LogP contribution in [0.1, 0.15) is 25.6 Å². The number of nitrogens with one attached hydrogen (secondary N) is 2. The lowest BCUT2D eigenvalue weighted by atomic mass is 9.99. The van der Waals surface area contributed by atoms with Gasteiger partial charge in [0.15, 0.2) is 0 Å². The summed E-state index contributed by atoms with van der Waals surface area (Å²) >= 11 is 0. The monoisotopic (exact) mass is 261 g/mol. The van der Waals surface area contributed by atoms with Crippen LogP contribution < -0.4 is 15.5 Å². The van der Waals surface area contributed by atoms with Crippen LogP contribution in [0.4, 0.5) is 11.6 Å². The number of hydrogen-bond acceptors (Lipinski definition) is 5. The molecule has 1 aromatic rings. The molecule has 5 nitrogen and oxygen atoms in total. The van der Waals surface area contributed by atoms with Crippen molar-refractivity contribution in [2.45, 2.75) is 32.7 Å². The molecule has 0 aliphatic carbocycles. The maximum atomic E-state index is 4.59. The van der Waals surface area contributed by atoms with Gasteiger partial charge in [-0.25, -0.2) is 9.97 Å². The van der Waals surface area contributed by atoms with Crippen LogP contribution in [-0.4, -0.2) is 42.2 Å². The first-order valence-electron chi connectivity index (χ1n) is 7.28. The lowest BCUT2D eigenvalue weighted by Crippen LogP contribution is -2.51. The fourth-order valence-electron chi connectivity index (χ4n) is 2.63. The zero-order valence-corrected chi connectivity index (χ0v) is 11.8. The van der Waals surface area contributed by atoms with Crippen LogP contribution in [0.15, 0.2) is 6.07 Å². The topological polar surface area (TPSA) is 53.1 Å². The van der Waals surface area contributed by atoms with E-state index < -0.39 is 0 Å². The van der Waals surface area contributed by atoms with Gasteiger partial charge in [-0.15, -0.1) is 0 Å². The van der Waals surface area contributed by atoms with Crippen LogP contribution in [0.2, 0.25) is 0 Å². The molecule has 2 N–H and O–H groups in total. The fourth-order valence-corrected chi connectivity index (χ4v) is 2.63. The van der Waals surface area contributed by atoms with Crippen LogP contribution in [0.25, 0.3) is 0 Å². The quantitative estimate of drug-likeness (QED) is 0.861. The lowest BCUT2D eigenvalue weighted by molar-refractivity contribution is 0.436. The molecule has 0 bridgehead atoms. The van der Waals surface area contributed by atoms with Crippen molar-refractivity contribution in [2.75, 3.05) is 36.4 Å². The van der Waals surface area contributed by atoms with Gasteiger partial charge < -0.3 is 15.5 Å². The Morgan fingerprint density at radius 1 is 1.26 bits per heavy atom. The van der Waals surface area contributed by atoms with E-state index in [0.717, 1.165) is 49.6 Å². The van der Waals surface area contributed by atoms with Gasteiger partial charge in [-0.05, 0) is 25.7 Å². The summed E-state index contributed by atoms with van der Waals surface area (Å²) in [4.78, 5) is 11.5. The highest BCUT2D eigenvalue weighted by molar-refractivity contribution is 5.50. The molecule has 0 radical (unpaired) electrons. The number of aryl methyl sites for hydroxylation is 1. The average Bonchev–Trinajstić information content (AvgIpc) is 2.34. The second-order valence-electron chi connectivity index (χ2n) is 5.83. The van der Waals surface area contributed by atoms with E-state index in [1.165, 1.54) is 12.8 Å². The van der Waals surface area contributed by atoms with Crippen molar-refractivity contribution in [3.05, 3.63) is 11.9 Å². The molecule has 2 aliphatic heterocycles. The molecule has 0 unspecified atom stereocenters. The Bertz CT molecular complexity index is 435. The van der Waals surface area contributed by atoms with Crippen LogP contribution in [0.3, 0.4) is 0 Å². The number of anilines is 2. The van der Waals surface area contributed by atoms with Gasteiger partial charge in [-0.2, -0.15) is 0 Å². The molecule has 3 rings (SSSR count). The third kappa shape index (κ3) is 2.97. The third-order valence-electron chi connectivity index (χ3n) is 4.07. The van der Waals surface area contributed by atoms with Crippen molar-refractivity contribution in [3.63, 3.8) is 0 Å². The Kier molecular flexibility index (Phi) is 3.55. The molecule has 5 heteroatoms. The number of nitrogens with zero attached hydrogens (tertiary/aromatic N) is 3. The summed E-state index contributed by atoms with van der Waals surface area (Å²) in [6.45, 7) is 8.59. The van der Waals surface area contributed by atoms with E-state index >= 15 is 0 Å². The van der Waals surface area contributed by atoms with Crippen LogP contribution >= 0.6 is 0 Å². The first-order valence-corrected chi connectivity index (χ1v) is 7.28. The van der Waals surface area contributed by atoms with E-state index in [2.05, 4.69) is 38.5 Å². The van der Waals surface area contributed by atoms with Gasteiger partial charge >= 0.3 is 0 Å². The van der Waals surface area contributed by atoms with Crippen molar-refractivity contribution in [3.8, 4) is 0 Å². The second-order valence-corrected chi connectivity index (χ2v) is 5.83. The Labute approximate surface area is 114 Å². The predicted octanol–water partition coefficient (Wildman–Crippen LogP) is 1.41. The summed E-state index contributed by atoms with van der Waals surface area (Å²) in [6, 6.07) is 2.62. The highest BCUT2D eigenvalue weighted by Gasteiger charge is 2.20. The molecule has 0 amide bonds. The first kappa shape index (κ1) is 12.7. The maximum absolute atomic E-state index is 4.59. The Balaban J connectivity index is 1.73. The van der Waals surface area contributed by atoms with Gasteiger partial charge in [0.05, 0.1) is 6.04 Å². The summed E-state index contributed by atoms with van der Waals surface area (Å²) in [5.41, 5.74) is 0. The van der Waals surface area contributed by atoms with Gasteiger partial charge in [-0.1, -0.05) is 6.92 Å². The van der Waals surface area contributed by atoms with E-state index in [1.807, 2.05) is 6.92 Å². The van der Waals surface area contributed by atoms with Crippen molar-refractivity contribution < 1.29 is 0 Å². The Hall–Kier alpha value is -1.36. The molecule has 0 spiro atoms. The van der Waals surface area contributed by atoms with Gasteiger partial charge in [0, 0.05) is 32.2 Å². The third-order valence-corrected chi connectivity index (χ3v) is 4.07. The van der Waals surface area contributed by atoms with Gasteiger partial charge in [0.2, 0.25) is 0 Å². The van der Waals surface area contributed by atoms with Crippen molar-refractivity contribution >= 4 is 11.6 Å². The van der Waals surface area contributed by atoms with Crippen LogP contribution in [0, 0.1) is 12.8 Å². The van der Waals surface area contributed by atoms with Gasteiger partial charge in [0.25, 0.3) is 0 Å². The number of piperidine rings is 1. The first-order chi connectivity index (χ1) is 9.20. The summed E-state index contributed by atoms with van der Waals surface area (Å²) in [5.74, 6) is 3.74. The minimum Gasteiger partial charge on any atom is -0.365 e. The average molecular weight is 261 g/mol.